The zero-order chi connectivity index (χ0) is 12.9. The van der Waals surface area contributed by atoms with Crippen molar-refractivity contribution in [1.29, 1.82) is 0 Å². The number of hydrogen-bond donors (Lipinski definition) is 2. The van der Waals surface area contributed by atoms with E-state index >= 15 is 0 Å². The molecule has 2 aromatic rings. The third-order valence-electron chi connectivity index (χ3n) is 3.20. The molecule has 2 amide bonds. The molecule has 2 aromatic carbocycles. The quantitative estimate of drug-likeness (QED) is 0.709. The van der Waals surface area contributed by atoms with Gasteiger partial charge in [0.15, 0.2) is 0 Å². The summed E-state index contributed by atoms with van der Waals surface area (Å²) in [6.45, 7) is 0. The van der Waals surface area contributed by atoms with Crippen LogP contribution in [0.15, 0.2) is 36.4 Å². The van der Waals surface area contributed by atoms with Gasteiger partial charge in [-0.05, 0) is 22.8 Å². The van der Waals surface area contributed by atoms with Crippen LogP contribution >= 0.6 is 0 Å². The Morgan fingerprint density at radius 2 is 1.44 bits per heavy atom. The Balaban J connectivity index is 2.46. The topological polar surface area (TPSA) is 86.2 Å². The average molecular weight is 238 g/mol. The van der Waals surface area contributed by atoms with Crippen LogP contribution in [0.5, 0.6) is 0 Å². The Morgan fingerprint density at radius 3 is 2.06 bits per heavy atom. The number of primary amides is 2. The van der Waals surface area contributed by atoms with E-state index < -0.39 is 11.8 Å². The summed E-state index contributed by atoms with van der Waals surface area (Å²) in [7, 11) is 0. The summed E-state index contributed by atoms with van der Waals surface area (Å²) in [6, 6.07) is 10.8. The molecular formula is C14H10N2O2. The largest absolute Gasteiger partial charge is 0.366 e. The predicted octanol–water partition coefficient (Wildman–Crippen LogP) is 1.53. The van der Waals surface area contributed by atoms with Gasteiger partial charge < -0.3 is 11.5 Å². The maximum Gasteiger partial charge on any atom is 0.249 e. The minimum absolute atomic E-state index is 0.331. The Morgan fingerprint density at radius 1 is 0.778 bits per heavy atom. The molecule has 0 aromatic heterocycles. The first-order chi connectivity index (χ1) is 8.61. The summed E-state index contributed by atoms with van der Waals surface area (Å²) in [5.74, 6) is -1.10. The van der Waals surface area contributed by atoms with Gasteiger partial charge in [-0.15, -0.1) is 0 Å². The molecule has 1 aliphatic carbocycles. The van der Waals surface area contributed by atoms with Gasteiger partial charge in [-0.3, -0.25) is 9.59 Å². The number of nitrogens with two attached hydrogens (primary N) is 2. The van der Waals surface area contributed by atoms with Crippen molar-refractivity contribution in [2.24, 2.45) is 11.5 Å². The minimum Gasteiger partial charge on any atom is -0.366 e. The van der Waals surface area contributed by atoms with Crippen LogP contribution in [0.2, 0.25) is 0 Å². The average Bonchev–Trinajstić information content (AvgIpc) is 2.58. The lowest BCUT2D eigenvalue weighted by Crippen LogP contribution is -2.17. The normalized spacial score (nSPS) is 11.1. The molecule has 0 spiro atoms. The van der Waals surface area contributed by atoms with Crippen LogP contribution in [-0.2, 0) is 0 Å². The van der Waals surface area contributed by atoms with Gasteiger partial charge in [0.1, 0.15) is 0 Å². The van der Waals surface area contributed by atoms with Crippen molar-refractivity contribution in [3.8, 4) is 22.3 Å². The molecule has 4 nitrogen and oxygen atoms in total. The van der Waals surface area contributed by atoms with Crippen molar-refractivity contribution in [1.82, 2.24) is 0 Å². The molecule has 1 aliphatic rings. The van der Waals surface area contributed by atoms with E-state index in [-0.39, 0.29) is 0 Å². The lowest BCUT2D eigenvalue weighted by molar-refractivity contribution is 0.0999. The van der Waals surface area contributed by atoms with Crippen molar-refractivity contribution in [2.75, 3.05) is 0 Å². The molecule has 0 unspecified atom stereocenters. The van der Waals surface area contributed by atoms with E-state index in [1.807, 2.05) is 24.3 Å². The number of amides is 2. The van der Waals surface area contributed by atoms with Gasteiger partial charge in [-0.2, -0.15) is 0 Å². The van der Waals surface area contributed by atoms with Crippen molar-refractivity contribution < 1.29 is 9.59 Å². The SMILES string of the molecule is NC(=O)c1ccc2c(C(N)=O)c1-c1ccccc1-2. The first-order valence-electron chi connectivity index (χ1n) is 5.47. The maximum atomic E-state index is 11.6. The minimum atomic E-state index is -0.559. The van der Waals surface area contributed by atoms with E-state index in [0.717, 1.165) is 16.7 Å². The molecule has 0 saturated heterocycles. The van der Waals surface area contributed by atoms with Gasteiger partial charge in [0, 0.05) is 11.1 Å². The lowest BCUT2D eigenvalue weighted by atomic mass is 9.99. The lowest BCUT2D eigenvalue weighted by Gasteiger charge is -2.05. The molecule has 18 heavy (non-hydrogen) atoms. The Hall–Kier alpha value is -2.62. The van der Waals surface area contributed by atoms with Crippen LogP contribution in [0.4, 0.5) is 0 Å². The fraction of sp³-hybridized carbons (Fsp3) is 0. The van der Waals surface area contributed by atoms with E-state index in [1.54, 1.807) is 12.1 Å². The van der Waals surface area contributed by atoms with Crippen molar-refractivity contribution >= 4 is 11.8 Å². The van der Waals surface area contributed by atoms with Gasteiger partial charge in [0.25, 0.3) is 0 Å². The monoisotopic (exact) mass is 238 g/mol. The number of benzene rings is 2. The van der Waals surface area contributed by atoms with Gasteiger partial charge in [-0.25, -0.2) is 0 Å². The van der Waals surface area contributed by atoms with Crippen LogP contribution in [-0.4, -0.2) is 11.8 Å². The Labute approximate surface area is 103 Å². The fourth-order valence-corrected chi connectivity index (χ4v) is 2.50. The summed E-state index contributed by atoms with van der Waals surface area (Å²) < 4.78 is 0. The van der Waals surface area contributed by atoms with Crippen molar-refractivity contribution in [3.63, 3.8) is 0 Å². The third-order valence-corrected chi connectivity index (χ3v) is 3.20. The van der Waals surface area contributed by atoms with Crippen LogP contribution in [0.3, 0.4) is 0 Å². The van der Waals surface area contributed by atoms with Crippen LogP contribution in [0.25, 0.3) is 22.3 Å². The van der Waals surface area contributed by atoms with Gasteiger partial charge >= 0.3 is 0 Å². The highest BCUT2D eigenvalue weighted by Crippen LogP contribution is 2.46. The second-order valence-corrected chi connectivity index (χ2v) is 4.18. The van der Waals surface area contributed by atoms with Crippen molar-refractivity contribution in [2.45, 2.75) is 0 Å². The first kappa shape index (κ1) is 10.5. The molecule has 88 valence electrons. The van der Waals surface area contributed by atoms with Crippen LogP contribution < -0.4 is 11.5 Å². The molecular weight excluding hydrogens is 228 g/mol. The summed E-state index contributed by atoms with van der Waals surface area (Å²) in [6.07, 6.45) is 0. The number of carbonyl (C=O) groups is 2. The van der Waals surface area contributed by atoms with E-state index in [4.69, 9.17) is 11.5 Å². The predicted molar refractivity (Wildman–Crippen MR) is 67.9 cm³/mol. The molecule has 2 bridgehead atoms. The standard InChI is InChI=1S/C14H10N2O2/c15-13(17)10-6-5-9-7-3-1-2-4-8(7)11(10)12(9)14(16)18/h1-6H,(H2,15,17)(H2,16,18). The van der Waals surface area contributed by atoms with Crippen LogP contribution in [0, 0.1) is 0 Å². The van der Waals surface area contributed by atoms with Gasteiger partial charge in [-0.1, -0.05) is 30.3 Å². The molecule has 0 saturated carbocycles. The zero-order valence-electron chi connectivity index (χ0n) is 9.44. The smallest absolute Gasteiger partial charge is 0.249 e. The summed E-state index contributed by atoms with van der Waals surface area (Å²) >= 11 is 0. The second-order valence-electron chi connectivity index (χ2n) is 4.18. The Kier molecular flexibility index (Phi) is 2.01. The molecule has 3 rings (SSSR count). The van der Waals surface area contributed by atoms with E-state index in [9.17, 15) is 9.59 Å². The molecule has 0 fully saturated rings. The highest BCUT2D eigenvalue weighted by Gasteiger charge is 2.29. The molecule has 4 heteroatoms. The van der Waals surface area contributed by atoms with Crippen LogP contribution in [0.1, 0.15) is 20.7 Å². The van der Waals surface area contributed by atoms with E-state index in [1.165, 1.54) is 0 Å². The Bertz CT molecular complexity index is 705. The molecule has 4 N–H and O–H groups in total. The summed E-state index contributed by atoms with van der Waals surface area (Å²) in [5.41, 5.74) is 14.5. The second kappa shape index (κ2) is 3.43. The highest BCUT2D eigenvalue weighted by atomic mass is 16.1. The summed E-state index contributed by atoms with van der Waals surface area (Å²) in [5, 5.41) is 0. The van der Waals surface area contributed by atoms with E-state index in [0.29, 0.717) is 16.7 Å². The summed E-state index contributed by atoms with van der Waals surface area (Å²) in [4.78, 5) is 23.1. The molecule has 0 atom stereocenters. The number of hydrogen-bond acceptors (Lipinski definition) is 2. The number of carbonyl (C=O) groups excluding carboxylic acids is 2. The highest BCUT2D eigenvalue weighted by molar-refractivity contribution is 6.17. The zero-order valence-corrected chi connectivity index (χ0v) is 9.44. The van der Waals surface area contributed by atoms with Gasteiger partial charge in [0.2, 0.25) is 11.8 Å². The maximum absolute atomic E-state index is 11.6. The molecule has 0 radical (unpaired) electrons. The molecule has 0 aliphatic heterocycles. The molecule has 0 heterocycles. The van der Waals surface area contributed by atoms with E-state index in [2.05, 4.69) is 0 Å². The first-order valence-corrected chi connectivity index (χ1v) is 5.47. The van der Waals surface area contributed by atoms with Crippen molar-refractivity contribution in [3.05, 3.63) is 47.5 Å². The number of rotatable bonds is 2. The fourth-order valence-electron chi connectivity index (χ4n) is 2.50. The third kappa shape index (κ3) is 1.20. The van der Waals surface area contributed by atoms with Gasteiger partial charge in [0.05, 0.1) is 5.56 Å². The number of fused-ring (bicyclic) bond motifs is 5.